The van der Waals surface area contributed by atoms with Crippen molar-refractivity contribution >= 4 is 5.97 Å². The summed E-state index contributed by atoms with van der Waals surface area (Å²) in [6.45, 7) is 4.22. The maximum atomic E-state index is 11.6. The number of esters is 1. The molecule has 1 aromatic heterocycles. The zero-order chi connectivity index (χ0) is 14.5. The summed E-state index contributed by atoms with van der Waals surface area (Å²) in [4.78, 5) is 11.6. The lowest BCUT2D eigenvalue weighted by molar-refractivity contribution is 0.0518. The fourth-order valence-electron chi connectivity index (χ4n) is 2.83. The summed E-state index contributed by atoms with van der Waals surface area (Å²) >= 11 is 0. The molecule has 1 unspecified atom stereocenters. The molecule has 1 aromatic rings. The number of ether oxygens (including phenoxy) is 1. The number of nitrogens with zero attached hydrogens (tertiary/aromatic N) is 3. The minimum absolute atomic E-state index is 0.236. The van der Waals surface area contributed by atoms with E-state index in [1.54, 1.807) is 18.5 Å². The van der Waals surface area contributed by atoms with Crippen molar-refractivity contribution in [3.8, 4) is 0 Å². The van der Waals surface area contributed by atoms with Gasteiger partial charge in [0.15, 0.2) is 5.69 Å². The molecule has 2 rings (SSSR count). The lowest BCUT2D eigenvalue weighted by atomic mass is 10.00. The molecule has 1 heterocycles. The van der Waals surface area contributed by atoms with Gasteiger partial charge in [-0.1, -0.05) is 30.9 Å². The lowest BCUT2D eigenvalue weighted by Gasteiger charge is -2.15. The number of aromatic nitrogens is 3. The second-order valence-electron chi connectivity index (χ2n) is 5.47. The SMILES string of the molecule is CCOC(=O)c1nnn(CC(O)CC2CCCC2)c1C. The molecule has 112 valence electrons. The van der Waals surface area contributed by atoms with Crippen LogP contribution in [0, 0.1) is 12.8 Å². The van der Waals surface area contributed by atoms with Crippen molar-refractivity contribution in [3.05, 3.63) is 11.4 Å². The molecule has 0 spiro atoms. The van der Waals surface area contributed by atoms with Crippen molar-refractivity contribution in [2.24, 2.45) is 5.92 Å². The zero-order valence-corrected chi connectivity index (χ0v) is 12.2. The fourth-order valence-corrected chi connectivity index (χ4v) is 2.83. The summed E-state index contributed by atoms with van der Waals surface area (Å²) in [5.41, 5.74) is 0.883. The third-order valence-corrected chi connectivity index (χ3v) is 3.92. The highest BCUT2D eigenvalue weighted by atomic mass is 16.5. The van der Waals surface area contributed by atoms with Gasteiger partial charge in [-0.2, -0.15) is 0 Å². The van der Waals surface area contributed by atoms with Crippen LogP contribution < -0.4 is 0 Å². The molecule has 1 aliphatic carbocycles. The molecular weight excluding hydrogens is 258 g/mol. The summed E-state index contributed by atoms with van der Waals surface area (Å²) in [5, 5.41) is 17.9. The number of aliphatic hydroxyl groups is 1. The Balaban J connectivity index is 1.93. The Kier molecular flexibility index (Phi) is 5.11. The van der Waals surface area contributed by atoms with E-state index >= 15 is 0 Å². The maximum Gasteiger partial charge on any atom is 0.360 e. The molecular formula is C14H23N3O3. The van der Waals surface area contributed by atoms with E-state index in [0.29, 0.717) is 24.8 Å². The summed E-state index contributed by atoms with van der Waals surface area (Å²) in [6, 6.07) is 0. The van der Waals surface area contributed by atoms with Gasteiger partial charge in [-0.15, -0.1) is 5.10 Å². The van der Waals surface area contributed by atoms with Crippen molar-refractivity contribution in [1.82, 2.24) is 15.0 Å². The Morgan fingerprint density at radius 2 is 2.20 bits per heavy atom. The molecule has 20 heavy (non-hydrogen) atoms. The van der Waals surface area contributed by atoms with E-state index in [2.05, 4.69) is 10.3 Å². The largest absolute Gasteiger partial charge is 0.461 e. The molecule has 0 radical (unpaired) electrons. The molecule has 1 aliphatic rings. The van der Waals surface area contributed by atoms with Crippen molar-refractivity contribution in [2.75, 3.05) is 6.61 Å². The molecule has 6 nitrogen and oxygen atoms in total. The first-order chi connectivity index (χ1) is 9.61. The van der Waals surface area contributed by atoms with E-state index in [1.807, 2.05) is 0 Å². The summed E-state index contributed by atoms with van der Waals surface area (Å²) in [7, 11) is 0. The molecule has 1 saturated carbocycles. The highest BCUT2D eigenvalue weighted by Gasteiger charge is 2.22. The molecule has 6 heteroatoms. The van der Waals surface area contributed by atoms with E-state index in [0.717, 1.165) is 6.42 Å². The van der Waals surface area contributed by atoms with E-state index < -0.39 is 12.1 Å². The minimum atomic E-state index is -0.457. The molecule has 1 fully saturated rings. The third kappa shape index (κ3) is 3.56. The Morgan fingerprint density at radius 3 is 2.85 bits per heavy atom. The molecule has 1 atom stereocenters. The maximum absolute atomic E-state index is 11.6. The molecule has 0 aromatic carbocycles. The van der Waals surface area contributed by atoms with Crippen LogP contribution in [0.1, 0.15) is 55.2 Å². The number of carbonyl (C=O) groups is 1. The van der Waals surface area contributed by atoms with Gasteiger partial charge in [0.25, 0.3) is 0 Å². The summed E-state index contributed by atoms with van der Waals surface area (Å²) in [5.74, 6) is 0.167. The van der Waals surface area contributed by atoms with Crippen LogP contribution >= 0.6 is 0 Å². The van der Waals surface area contributed by atoms with Crippen LogP contribution in [-0.2, 0) is 11.3 Å². The summed E-state index contributed by atoms with van der Waals surface area (Å²) < 4.78 is 6.51. The second kappa shape index (κ2) is 6.83. The highest BCUT2D eigenvalue weighted by Crippen LogP contribution is 2.28. The number of hydrogen-bond donors (Lipinski definition) is 1. The van der Waals surface area contributed by atoms with Crippen LogP contribution in [0.25, 0.3) is 0 Å². The molecule has 0 bridgehead atoms. The Morgan fingerprint density at radius 1 is 1.50 bits per heavy atom. The van der Waals surface area contributed by atoms with Gasteiger partial charge in [-0.3, -0.25) is 0 Å². The van der Waals surface area contributed by atoms with Crippen LogP contribution in [0.4, 0.5) is 0 Å². The standard InChI is InChI=1S/C14H23N3O3/c1-3-20-14(19)13-10(2)17(16-15-13)9-12(18)8-11-6-4-5-7-11/h11-12,18H,3-9H2,1-2H3. The number of hydrogen-bond acceptors (Lipinski definition) is 5. The fraction of sp³-hybridized carbons (Fsp3) is 0.786. The van der Waals surface area contributed by atoms with Gasteiger partial charge in [0.1, 0.15) is 0 Å². The van der Waals surface area contributed by atoms with Crippen LogP contribution in [0.5, 0.6) is 0 Å². The Labute approximate surface area is 119 Å². The van der Waals surface area contributed by atoms with E-state index in [4.69, 9.17) is 4.74 Å². The van der Waals surface area contributed by atoms with Crippen molar-refractivity contribution in [3.63, 3.8) is 0 Å². The van der Waals surface area contributed by atoms with Gasteiger partial charge in [0.2, 0.25) is 0 Å². The van der Waals surface area contributed by atoms with E-state index in [9.17, 15) is 9.90 Å². The van der Waals surface area contributed by atoms with Gasteiger partial charge in [-0.05, 0) is 26.2 Å². The van der Waals surface area contributed by atoms with Gasteiger partial charge < -0.3 is 9.84 Å². The zero-order valence-electron chi connectivity index (χ0n) is 12.2. The van der Waals surface area contributed by atoms with Crippen LogP contribution in [0.3, 0.4) is 0 Å². The van der Waals surface area contributed by atoms with Crippen molar-refractivity contribution < 1.29 is 14.6 Å². The van der Waals surface area contributed by atoms with Gasteiger partial charge in [0, 0.05) is 0 Å². The lowest BCUT2D eigenvalue weighted by Crippen LogP contribution is -2.21. The Hall–Kier alpha value is -1.43. The molecule has 0 aliphatic heterocycles. The van der Waals surface area contributed by atoms with E-state index in [1.165, 1.54) is 25.7 Å². The van der Waals surface area contributed by atoms with Gasteiger partial charge in [0.05, 0.1) is 24.9 Å². The first-order valence-electron chi connectivity index (χ1n) is 7.37. The van der Waals surface area contributed by atoms with Crippen molar-refractivity contribution in [2.45, 2.75) is 58.6 Å². The average Bonchev–Trinajstić information content (AvgIpc) is 3.01. The van der Waals surface area contributed by atoms with E-state index in [-0.39, 0.29) is 5.69 Å². The van der Waals surface area contributed by atoms with Crippen LogP contribution in [-0.4, -0.2) is 38.8 Å². The topological polar surface area (TPSA) is 77.2 Å². The van der Waals surface area contributed by atoms with Gasteiger partial charge in [-0.25, -0.2) is 9.48 Å². The normalized spacial score (nSPS) is 17.4. The predicted molar refractivity (Wildman–Crippen MR) is 73.3 cm³/mol. The monoisotopic (exact) mass is 281 g/mol. The number of carbonyl (C=O) groups excluding carboxylic acids is 1. The quantitative estimate of drug-likeness (QED) is 0.803. The Bertz CT molecular complexity index is 453. The molecule has 1 N–H and O–H groups in total. The first kappa shape index (κ1) is 15.0. The number of rotatable bonds is 6. The smallest absolute Gasteiger partial charge is 0.360 e. The number of aliphatic hydroxyl groups excluding tert-OH is 1. The molecule has 0 amide bonds. The average molecular weight is 281 g/mol. The second-order valence-corrected chi connectivity index (χ2v) is 5.47. The van der Waals surface area contributed by atoms with Gasteiger partial charge >= 0.3 is 5.97 Å². The van der Waals surface area contributed by atoms with Crippen LogP contribution in [0.2, 0.25) is 0 Å². The third-order valence-electron chi connectivity index (χ3n) is 3.92. The molecule has 0 saturated heterocycles. The van der Waals surface area contributed by atoms with Crippen molar-refractivity contribution in [1.29, 1.82) is 0 Å². The first-order valence-corrected chi connectivity index (χ1v) is 7.37. The van der Waals surface area contributed by atoms with Crippen LogP contribution in [0.15, 0.2) is 0 Å². The highest BCUT2D eigenvalue weighted by molar-refractivity contribution is 5.88. The summed E-state index contributed by atoms with van der Waals surface area (Å²) in [6.07, 6.45) is 5.32. The predicted octanol–water partition coefficient (Wildman–Crippen LogP) is 1.70. The minimum Gasteiger partial charge on any atom is -0.461 e.